The Bertz CT molecular complexity index is 1620. The van der Waals surface area contributed by atoms with E-state index < -0.39 is 0 Å². The zero-order chi connectivity index (χ0) is 21.6. The van der Waals surface area contributed by atoms with E-state index in [1.165, 1.54) is 22.3 Å². The van der Waals surface area contributed by atoms with Crippen LogP contribution in [0.15, 0.2) is 89.3 Å². The predicted octanol–water partition coefficient (Wildman–Crippen LogP) is 4.22. The Kier molecular flexibility index (Phi) is 3.56. The Morgan fingerprint density at radius 1 is 0.667 bits per heavy atom. The first-order chi connectivity index (χ1) is 16.4. The maximum atomic E-state index is 4.98. The van der Waals surface area contributed by atoms with E-state index in [0.29, 0.717) is 29.0 Å². The Balaban J connectivity index is 1.54. The monoisotopic (exact) mass is 557 g/mol. The number of fused-ring (bicyclic) bond motifs is 10. The molecule has 0 amide bonds. The molecule has 0 saturated carbocycles. The molecule has 0 atom stereocenters. The molecule has 0 saturated heterocycles. The standard InChI is InChI=1S/C26H15N5Se2/c1-2-7-20-16(5-1)26(17-9-13-32-22(17)23-18(26)10-14-33-23)19-6-3-12-28-25(19)31(20)30-15-29-24-21(30)8-4-11-27-24/h1-15H. The summed E-state index contributed by atoms with van der Waals surface area (Å²) in [4.78, 5) is 18.8. The summed E-state index contributed by atoms with van der Waals surface area (Å²) in [6, 6.07) is 21.9. The van der Waals surface area contributed by atoms with Crippen molar-refractivity contribution in [3.8, 4) is 8.87 Å². The molecule has 6 aromatic rings. The molecule has 6 heterocycles. The zero-order valence-electron chi connectivity index (χ0n) is 17.2. The Labute approximate surface area is 201 Å². The van der Waals surface area contributed by atoms with Crippen LogP contribution in [0.4, 0.5) is 11.5 Å². The van der Waals surface area contributed by atoms with Crippen LogP contribution >= 0.6 is 0 Å². The average Bonchev–Trinajstić information content (AvgIpc) is 3.64. The van der Waals surface area contributed by atoms with E-state index >= 15 is 0 Å². The summed E-state index contributed by atoms with van der Waals surface area (Å²) in [6.45, 7) is 0. The van der Waals surface area contributed by atoms with Crippen LogP contribution in [-0.2, 0) is 5.41 Å². The molecular weight excluding hydrogens is 540 g/mol. The number of hydrogen-bond acceptors (Lipinski definition) is 4. The molecule has 0 N–H and O–H groups in total. The Morgan fingerprint density at radius 3 is 2.24 bits per heavy atom. The van der Waals surface area contributed by atoms with E-state index in [0.717, 1.165) is 22.7 Å². The van der Waals surface area contributed by atoms with Gasteiger partial charge in [0.05, 0.1) is 0 Å². The fourth-order valence-corrected chi connectivity index (χ4v) is 10.4. The van der Waals surface area contributed by atoms with E-state index in [1.807, 2.05) is 18.6 Å². The van der Waals surface area contributed by atoms with Crippen LogP contribution in [-0.4, -0.2) is 48.6 Å². The summed E-state index contributed by atoms with van der Waals surface area (Å²) in [7, 11) is 0. The van der Waals surface area contributed by atoms with Crippen molar-refractivity contribution in [1.29, 1.82) is 0 Å². The van der Waals surface area contributed by atoms with Crippen molar-refractivity contribution < 1.29 is 0 Å². The van der Waals surface area contributed by atoms with Gasteiger partial charge in [-0.05, 0) is 0 Å². The van der Waals surface area contributed by atoms with Gasteiger partial charge in [0.2, 0.25) is 0 Å². The number of nitrogens with zero attached hydrogens (tertiary/aromatic N) is 5. The molecular formula is C26H15N5Se2. The third-order valence-corrected chi connectivity index (χ3v) is 11.4. The molecule has 156 valence electrons. The van der Waals surface area contributed by atoms with Crippen molar-refractivity contribution in [3.05, 3.63) is 112 Å². The van der Waals surface area contributed by atoms with Gasteiger partial charge >= 0.3 is 202 Å². The number of anilines is 2. The van der Waals surface area contributed by atoms with Crippen molar-refractivity contribution >= 4 is 51.7 Å². The molecule has 1 aliphatic carbocycles. The molecule has 2 aliphatic rings. The topological polar surface area (TPSA) is 46.8 Å². The summed E-state index contributed by atoms with van der Waals surface area (Å²) in [6.07, 6.45) is 5.53. The molecule has 1 aromatic carbocycles. The zero-order valence-corrected chi connectivity index (χ0v) is 20.6. The van der Waals surface area contributed by atoms with Gasteiger partial charge in [0.15, 0.2) is 0 Å². The van der Waals surface area contributed by atoms with Crippen LogP contribution in [0.2, 0.25) is 0 Å². The molecule has 0 unspecified atom stereocenters. The average molecular weight is 555 g/mol. The van der Waals surface area contributed by atoms with Gasteiger partial charge in [-0.2, -0.15) is 0 Å². The number of aromatic nitrogens is 4. The molecule has 5 nitrogen and oxygen atoms in total. The van der Waals surface area contributed by atoms with Gasteiger partial charge in [0.25, 0.3) is 0 Å². The normalized spacial score (nSPS) is 14.8. The molecule has 8 rings (SSSR count). The van der Waals surface area contributed by atoms with Gasteiger partial charge in [-0.1, -0.05) is 0 Å². The van der Waals surface area contributed by atoms with Gasteiger partial charge in [0, 0.05) is 0 Å². The number of hydrogen-bond donors (Lipinski definition) is 0. The third-order valence-electron chi connectivity index (χ3n) is 6.79. The summed E-state index contributed by atoms with van der Waals surface area (Å²) >= 11 is 0.793. The summed E-state index contributed by atoms with van der Waals surface area (Å²) < 4.78 is 5.25. The summed E-state index contributed by atoms with van der Waals surface area (Å²) in [5.74, 6) is 0.945. The van der Waals surface area contributed by atoms with Crippen LogP contribution in [0.5, 0.6) is 0 Å². The first kappa shape index (κ1) is 18.2. The first-order valence-electron chi connectivity index (χ1n) is 10.7. The van der Waals surface area contributed by atoms with Crippen LogP contribution in [0.1, 0.15) is 22.3 Å². The second-order valence-corrected chi connectivity index (χ2v) is 12.1. The summed E-state index contributed by atoms with van der Waals surface area (Å²) in [5, 5.41) is 2.21. The van der Waals surface area contributed by atoms with Gasteiger partial charge in [0.1, 0.15) is 0 Å². The van der Waals surface area contributed by atoms with Crippen LogP contribution in [0.25, 0.3) is 20.0 Å². The number of rotatable bonds is 1. The fraction of sp³-hybridized carbons (Fsp3) is 0.0385. The minimum atomic E-state index is -0.306. The van der Waals surface area contributed by atoms with E-state index in [9.17, 15) is 0 Å². The van der Waals surface area contributed by atoms with E-state index in [-0.39, 0.29) is 5.41 Å². The SMILES string of the molecule is c1ccc2c(c1)N(n1cnc3ncccc31)c1ncccc1C21c2cc[se]c2-c2[se]ccc21. The third kappa shape index (κ3) is 2.12. The van der Waals surface area contributed by atoms with Crippen molar-refractivity contribution in [2.24, 2.45) is 0 Å². The van der Waals surface area contributed by atoms with Crippen LogP contribution in [0, 0.1) is 0 Å². The van der Waals surface area contributed by atoms with Gasteiger partial charge in [-0.15, -0.1) is 0 Å². The second kappa shape index (κ2) is 6.43. The Morgan fingerprint density at radius 2 is 1.39 bits per heavy atom. The molecule has 1 spiro atoms. The van der Waals surface area contributed by atoms with Crippen LogP contribution < -0.4 is 5.01 Å². The van der Waals surface area contributed by atoms with Crippen molar-refractivity contribution in [3.63, 3.8) is 0 Å². The van der Waals surface area contributed by atoms with E-state index in [4.69, 9.17) is 4.98 Å². The van der Waals surface area contributed by atoms with Gasteiger partial charge < -0.3 is 0 Å². The quantitative estimate of drug-likeness (QED) is 0.285. The fourth-order valence-electron chi connectivity index (χ4n) is 5.60. The number of imidazole rings is 1. The van der Waals surface area contributed by atoms with Crippen molar-refractivity contribution in [1.82, 2.24) is 19.6 Å². The number of pyridine rings is 2. The molecule has 0 bridgehead atoms. The molecule has 0 fully saturated rings. The molecule has 0 radical (unpaired) electrons. The van der Waals surface area contributed by atoms with Crippen molar-refractivity contribution in [2.45, 2.75) is 5.41 Å². The van der Waals surface area contributed by atoms with E-state index in [2.05, 4.69) is 84.1 Å². The predicted molar refractivity (Wildman–Crippen MR) is 130 cm³/mol. The number of para-hydroxylation sites is 1. The van der Waals surface area contributed by atoms with Crippen LogP contribution in [0.3, 0.4) is 0 Å². The second-order valence-electron chi connectivity index (χ2n) is 8.22. The maximum absolute atomic E-state index is 4.98. The Hall–Kier alpha value is -3.21. The molecule has 1 aliphatic heterocycles. The van der Waals surface area contributed by atoms with Gasteiger partial charge in [-0.3, -0.25) is 0 Å². The first-order valence-corrected chi connectivity index (χ1v) is 14.4. The number of benzene rings is 1. The molecule has 33 heavy (non-hydrogen) atoms. The van der Waals surface area contributed by atoms with Gasteiger partial charge in [-0.25, -0.2) is 0 Å². The van der Waals surface area contributed by atoms with E-state index in [1.54, 1.807) is 15.1 Å². The minimum absolute atomic E-state index is 0.306. The summed E-state index contributed by atoms with van der Waals surface area (Å²) in [5.41, 5.74) is 7.96. The molecule has 7 heteroatoms. The van der Waals surface area contributed by atoms with Crippen molar-refractivity contribution in [2.75, 3.05) is 5.01 Å². The molecule has 5 aromatic heterocycles.